The molecule has 0 fully saturated rings. The summed E-state index contributed by atoms with van der Waals surface area (Å²) < 4.78 is 11.3. The Morgan fingerprint density at radius 2 is 2.04 bits per heavy atom. The minimum absolute atomic E-state index is 0.424. The molecular weight excluding hydrogens is 360 g/mol. The van der Waals surface area contributed by atoms with Crippen LogP contribution in [0.5, 0.6) is 5.75 Å². The zero-order valence-corrected chi connectivity index (χ0v) is 15.6. The Balaban J connectivity index is 2.35. The van der Waals surface area contributed by atoms with Crippen molar-refractivity contribution < 1.29 is 9.26 Å². The number of hydrogen-bond acceptors (Lipinski definition) is 6. The number of halogens is 1. The molecule has 1 aromatic carbocycles. The molecular formula is C16H21BrN4O2. The van der Waals surface area contributed by atoms with E-state index in [1.54, 1.807) is 7.11 Å². The average Bonchev–Trinajstić information content (AvgIpc) is 2.85. The maximum absolute atomic E-state index is 5.50. The van der Waals surface area contributed by atoms with E-state index in [0.717, 1.165) is 35.7 Å². The molecule has 2 rings (SSSR count). The summed E-state index contributed by atoms with van der Waals surface area (Å²) in [6, 6.07) is 3.95. The second kappa shape index (κ2) is 7.59. The van der Waals surface area contributed by atoms with Crippen molar-refractivity contribution in [1.29, 1.82) is 0 Å². The van der Waals surface area contributed by atoms with Gasteiger partial charge in [0.15, 0.2) is 0 Å². The van der Waals surface area contributed by atoms with E-state index >= 15 is 0 Å². The summed E-state index contributed by atoms with van der Waals surface area (Å²) in [5.41, 5.74) is 2.80. The molecule has 0 spiro atoms. The number of hydrogen-bond donors (Lipinski definition) is 0. The van der Waals surface area contributed by atoms with E-state index in [9.17, 15) is 0 Å². The third-order valence-corrected chi connectivity index (χ3v) is 4.41. The maximum Gasteiger partial charge on any atom is 0.231 e. The highest BCUT2D eigenvalue weighted by Crippen LogP contribution is 2.36. The molecule has 0 aliphatic heterocycles. The molecule has 0 saturated carbocycles. The van der Waals surface area contributed by atoms with Gasteiger partial charge >= 0.3 is 0 Å². The molecule has 7 heteroatoms. The van der Waals surface area contributed by atoms with E-state index < -0.39 is 0 Å². The van der Waals surface area contributed by atoms with Crippen LogP contribution in [0.15, 0.2) is 31.4 Å². The van der Waals surface area contributed by atoms with E-state index in [-0.39, 0.29) is 0 Å². The van der Waals surface area contributed by atoms with Gasteiger partial charge in [-0.2, -0.15) is 0 Å². The van der Waals surface area contributed by atoms with Crippen molar-refractivity contribution in [2.75, 3.05) is 25.6 Å². The van der Waals surface area contributed by atoms with Crippen LogP contribution < -0.4 is 9.64 Å². The zero-order valence-electron chi connectivity index (χ0n) is 14.1. The first-order valence-corrected chi connectivity index (χ1v) is 8.20. The number of anilines is 1. The minimum atomic E-state index is 0.424. The van der Waals surface area contributed by atoms with E-state index in [1.807, 2.05) is 19.9 Å². The third-order valence-electron chi connectivity index (χ3n) is 3.49. The third kappa shape index (κ3) is 3.90. The molecule has 0 unspecified atom stereocenters. The van der Waals surface area contributed by atoms with Gasteiger partial charge in [0.1, 0.15) is 16.0 Å². The normalized spacial score (nSPS) is 11.2. The molecule has 0 N–H and O–H groups in total. The van der Waals surface area contributed by atoms with Crippen LogP contribution >= 0.6 is 15.9 Å². The van der Waals surface area contributed by atoms with Gasteiger partial charge in [-0.25, -0.2) is 0 Å². The second-order valence-electron chi connectivity index (χ2n) is 5.31. The molecule has 0 amide bonds. The van der Waals surface area contributed by atoms with E-state index in [1.165, 1.54) is 0 Å². The summed E-state index contributed by atoms with van der Waals surface area (Å²) in [4.78, 5) is 2.17. The Bertz CT molecular complexity index is 712. The van der Waals surface area contributed by atoms with Crippen LogP contribution in [0.3, 0.4) is 0 Å². The van der Waals surface area contributed by atoms with Gasteiger partial charge < -0.3 is 14.2 Å². The molecule has 0 bridgehead atoms. The van der Waals surface area contributed by atoms with E-state index in [4.69, 9.17) is 9.26 Å². The lowest BCUT2D eigenvalue weighted by atomic mass is 10.1. The van der Waals surface area contributed by atoms with Crippen molar-refractivity contribution in [3.8, 4) is 5.75 Å². The number of nitrogens with zero attached hydrogens (tertiary/aromatic N) is 4. The molecule has 0 saturated heterocycles. The molecule has 23 heavy (non-hydrogen) atoms. The summed E-state index contributed by atoms with van der Waals surface area (Å²) in [5.74, 6) is 1.87. The van der Waals surface area contributed by atoms with Crippen LogP contribution in [0.4, 0.5) is 17.2 Å². The van der Waals surface area contributed by atoms with Crippen LogP contribution in [0.2, 0.25) is 0 Å². The van der Waals surface area contributed by atoms with Crippen LogP contribution in [0.1, 0.15) is 24.7 Å². The second-order valence-corrected chi connectivity index (χ2v) is 6.10. The lowest BCUT2D eigenvalue weighted by Crippen LogP contribution is -2.18. The van der Waals surface area contributed by atoms with E-state index in [2.05, 4.69) is 56.3 Å². The maximum atomic E-state index is 5.50. The van der Waals surface area contributed by atoms with Gasteiger partial charge in [-0.3, -0.25) is 0 Å². The van der Waals surface area contributed by atoms with Crippen molar-refractivity contribution in [3.63, 3.8) is 0 Å². The molecule has 1 aromatic heterocycles. The Kier molecular flexibility index (Phi) is 5.76. The van der Waals surface area contributed by atoms with Gasteiger partial charge in [0.05, 0.1) is 18.5 Å². The van der Waals surface area contributed by atoms with Crippen LogP contribution in [-0.4, -0.2) is 25.9 Å². The van der Waals surface area contributed by atoms with Crippen molar-refractivity contribution >= 4 is 33.1 Å². The molecule has 6 nitrogen and oxygen atoms in total. The Labute approximate surface area is 144 Å². The summed E-state index contributed by atoms with van der Waals surface area (Å²) in [5, 5.41) is 12.3. The molecule has 0 radical (unpaired) electrons. The SMILES string of the molecule is CCCN(C)c1cc(C)c(N=Nc2noc(C)c2Br)cc1OC. The van der Waals surface area contributed by atoms with Crippen molar-refractivity contribution in [1.82, 2.24) is 5.16 Å². The molecule has 0 aliphatic rings. The smallest absolute Gasteiger partial charge is 0.231 e. The lowest BCUT2D eigenvalue weighted by Gasteiger charge is -2.22. The lowest BCUT2D eigenvalue weighted by molar-refractivity contribution is 0.398. The summed E-state index contributed by atoms with van der Waals surface area (Å²) in [6.45, 7) is 6.92. The van der Waals surface area contributed by atoms with Gasteiger partial charge in [0.25, 0.3) is 0 Å². The first kappa shape index (κ1) is 17.5. The summed E-state index contributed by atoms with van der Waals surface area (Å²) >= 11 is 3.38. The number of ether oxygens (including phenoxy) is 1. The molecule has 2 aromatic rings. The van der Waals surface area contributed by atoms with Crippen LogP contribution in [0.25, 0.3) is 0 Å². The largest absolute Gasteiger partial charge is 0.495 e. The Morgan fingerprint density at radius 3 is 2.61 bits per heavy atom. The van der Waals surface area contributed by atoms with Crippen LogP contribution in [0, 0.1) is 13.8 Å². The first-order valence-electron chi connectivity index (χ1n) is 7.41. The number of rotatable bonds is 6. The fraction of sp³-hybridized carbons (Fsp3) is 0.438. The molecule has 0 aliphatic carbocycles. The predicted octanol–water partition coefficient (Wildman–Crippen LogP) is 5.32. The van der Waals surface area contributed by atoms with Gasteiger partial charge in [-0.15, -0.1) is 10.2 Å². The topological polar surface area (TPSA) is 63.2 Å². The monoisotopic (exact) mass is 380 g/mol. The highest BCUT2D eigenvalue weighted by atomic mass is 79.9. The number of aromatic nitrogens is 1. The van der Waals surface area contributed by atoms with Crippen molar-refractivity contribution in [2.45, 2.75) is 27.2 Å². The summed E-state index contributed by atoms with van der Waals surface area (Å²) in [6.07, 6.45) is 1.07. The Hall–Kier alpha value is -1.89. The van der Waals surface area contributed by atoms with Gasteiger partial charge in [-0.1, -0.05) is 12.1 Å². The fourth-order valence-corrected chi connectivity index (χ4v) is 2.42. The summed E-state index contributed by atoms with van der Waals surface area (Å²) in [7, 11) is 3.71. The predicted molar refractivity (Wildman–Crippen MR) is 94.4 cm³/mol. The van der Waals surface area contributed by atoms with Gasteiger partial charge in [-0.05, 0) is 47.8 Å². The molecule has 0 atom stereocenters. The zero-order chi connectivity index (χ0) is 17.0. The standard InChI is InChI=1S/C16H21BrN4O2/c1-6-7-21(4)13-8-10(2)12(9-14(13)22-5)18-19-16-15(17)11(3)23-20-16/h8-9H,6-7H2,1-5H3. The number of aryl methyl sites for hydroxylation is 2. The van der Waals surface area contributed by atoms with Crippen molar-refractivity contribution in [2.24, 2.45) is 10.2 Å². The van der Waals surface area contributed by atoms with Gasteiger partial charge in [0, 0.05) is 19.7 Å². The highest BCUT2D eigenvalue weighted by Gasteiger charge is 2.13. The number of methoxy groups -OCH3 is 1. The van der Waals surface area contributed by atoms with Crippen LogP contribution in [-0.2, 0) is 0 Å². The minimum Gasteiger partial charge on any atom is -0.495 e. The quantitative estimate of drug-likeness (QED) is 0.635. The van der Waals surface area contributed by atoms with Gasteiger partial charge in [0.2, 0.25) is 5.82 Å². The molecule has 1 heterocycles. The van der Waals surface area contributed by atoms with E-state index in [0.29, 0.717) is 16.1 Å². The fourth-order valence-electron chi connectivity index (χ4n) is 2.20. The Morgan fingerprint density at radius 1 is 1.30 bits per heavy atom. The molecule has 124 valence electrons. The number of azo groups is 1. The first-order chi connectivity index (χ1) is 11.0. The van der Waals surface area contributed by atoms with Crippen molar-refractivity contribution in [3.05, 3.63) is 27.9 Å². The number of benzene rings is 1. The highest BCUT2D eigenvalue weighted by molar-refractivity contribution is 9.10. The average molecular weight is 381 g/mol.